The van der Waals surface area contributed by atoms with Crippen LogP contribution in [0.4, 0.5) is 0 Å². The van der Waals surface area contributed by atoms with Crippen LogP contribution in [0.3, 0.4) is 0 Å². The van der Waals surface area contributed by atoms with Crippen molar-refractivity contribution in [1.82, 2.24) is 0 Å². The maximum Gasteiger partial charge on any atom is 0.500 e. The molecule has 0 heterocycles. The minimum atomic E-state index is -3.22. The number of rotatable bonds is 14. The third-order valence-corrected chi connectivity index (χ3v) is 13.9. The van der Waals surface area contributed by atoms with Crippen LogP contribution in [0.15, 0.2) is 24.3 Å². The Kier molecular flexibility index (Phi) is 11.6. The number of benzene rings is 2. The molecule has 0 aliphatic heterocycles. The van der Waals surface area contributed by atoms with E-state index in [2.05, 4.69) is 0 Å². The molecule has 0 fully saturated rings. The third kappa shape index (κ3) is 7.34. The first-order chi connectivity index (χ1) is 17.4. The lowest BCUT2D eigenvalue weighted by atomic mass is 10.0. The first kappa shape index (κ1) is 31.7. The summed E-state index contributed by atoms with van der Waals surface area (Å²) in [6.07, 6.45) is 0.830. The average molecular weight is 563 g/mol. The van der Waals surface area contributed by atoms with Gasteiger partial charge in [0, 0.05) is 37.0 Å². The SMILES string of the molecule is CCO[Si](CCCP(=S)(C(=O)c1c(C)cc(C)cc1C)C(=O)c1c(C)cc(C)cc1C)(OCC)OCC. The molecule has 0 atom stereocenters. The second-order valence-corrected chi connectivity index (χ2v) is 17.0. The Labute approximate surface area is 229 Å². The zero-order valence-corrected chi connectivity index (χ0v) is 26.7. The summed E-state index contributed by atoms with van der Waals surface area (Å²) in [5, 5.41) is 0. The van der Waals surface area contributed by atoms with E-state index in [0.717, 1.165) is 33.4 Å². The fourth-order valence-electron chi connectivity index (χ4n) is 5.21. The van der Waals surface area contributed by atoms with Crippen LogP contribution in [0.1, 0.15) is 81.3 Å². The van der Waals surface area contributed by atoms with E-state index in [0.29, 0.717) is 49.6 Å². The van der Waals surface area contributed by atoms with Crippen molar-refractivity contribution in [2.24, 2.45) is 0 Å². The van der Waals surface area contributed by atoms with Crippen molar-refractivity contribution in [2.45, 2.75) is 74.8 Å². The molecule has 2 aromatic rings. The van der Waals surface area contributed by atoms with E-state index in [1.807, 2.05) is 86.6 Å². The van der Waals surface area contributed by atoms with Gasteiger partial charge in [-0.15, -0.1) is 0 Å². The standard InChI is InChI=1S/C29H43O5PSSi/c1-10-32-37(33-11-2,34-12-3)15-13-14-35(36,28(30)26-22(6)16-20(4)17-23(26)7)29(31)27-24(8)18-21(5)19-25(27)9/h16-19H,10-15H2,1-9H3. The Morgan fingerprint density at radius 2 is 1.03 bits per heavy atom. The number of hydrogen-bond acceptors (Lipinski definition) is 6. The fraction of sp³-hybridized carbons (Fsp3) is 0.517. The van der Waals surface area contributed by atoms with E-state index in [9.17, 15) is 9.59 Å². The molecule has 2 rings (SSSR count). The molecular weight excluding hydrogens is 519 g/mol. The highest BCUT2D eigenvalue weighted by Crippen LogP contribution is 2.55. The van der Waals surface area contributed by atoms with Crippen molar-refractivity contribution in [3.05, 3.63) is 68.8 Å². The van der Waals surface area contributed by atoms with Crippen molar-refractivity contribution >= 4 is 37.7 Å². The molecule has 2 aromatic carbocycles. The Balaban J connectivity index is 2.59. The van der Waals surface area contributed by atoms with Crippen LogP contribution in [-0.4, -0.2) is 45.8 Å². The lowest BCUT2D eigenvalue weighted by Gasteiger charge is -2.29. The highest BCUT2D eigenvalue weighted by atomic mass is 32.4. The second kappa shape index (κ2) is 13.5. The number of carbonyl (C=O) groups excluding carboxylic acids is 2. The highest BCUT2D eigenvalue weighted by molar-refractivity contribution is 8.31. The van der Waals surface area contributed by atoms with Crippen LogP contribution < -0.4 is 0 Å². The first-order valence-electron chi connectivity index (χ1n) is 13.1. The fourth-order valence-corrected chi connectivity index (χ4v) is 11.7. The predicted octanol–water partition coefficient (Wildman–Crippen LogP) is 7.44. The maximum atomic E-state index is 14.3. The van der Waals surface area contributed by atoms with Gasteiger partial charge in [-0.25, -0.2) is 0 Å². The van der Waals surface area contributed by atoms with Crippen molar-refractivity contribution in [3.8, 4) is 0 Å². The summed E-state index contributed by atoms with van der Waals surface area (Å²) in [5.41, 5.74) is 6.41. The molecule has 5 nitrogen and oxygen atoms in total. The summed E-state index contributed by atoms with van der Waals surface area (Å²) < 4.78 is 18.1. The molecule has 0 spiro atoms. The third-order valence-electron chi connectivity index (χ3n) is 6.49. The van der Waals surface area contributed by atoms with Crippen LogP contribution in [-0.2, 0) is 25.1 Å². The van der Waals surface area contributed by atoms with Crippen molar-refractivity contribution in [2.75, 3.05) is 26.0 Å². The molecule has 0 aliphatic carbocycles. The highest BCUT2D eigenvalue weighted by Gasteiger charge is 2.43. The molecule has 0 aliphatic rings. The number of carbonyl (C=O) groups is 2. The maximum absolute atomic E-state index is 14.3. The quantitative estimate of drug-likeness (QED) is 0.176. The number of hydrogen-bond donors (Lipinski definition) is 0. The van der Waals surface area contributed by atoms with Gasteiger partial charge in [-0.3, -0.25) is 9.59 Å². The topological polar surface area (TPSA) is 61.8 Å². The molecule has 0 N–H and O–H groups in total. The monoisotopic (exact) mass is 562 g/mol. The lowest BCUT2D eigenvalue weighted by molar-refractivity contribution is 0.0711. The van der Waals surface area contributed by atoms with Crippen LogP contribution in [0, 0.1) is 41.5 Å². The van der Waals surface area contributed by atoms with Gasteiger partial charge >= 0.3 is 8.80 Å². The van der Waals surface area contributed by atoms with E-state index < -0.39 is 14.8 Å². The zero-order valence-electron chi connectivity index (χ0n) is 23.9. The molecule has 0 amide bonds. The van der Waals surface area contributed by atoms with Gasteiger partial charge in [0.1, 0.15) is 0 Å². The lowest BCUT2D eigenvalue weighted by Crippen LogP contribution is -2.46. The average Bonchev–Trinajstić information content (AvgIpc) is 2.78. The normalized spacial score (nSPS) is 12.1. The van der Waals surface area contributed by atoms with Gasteiger partial charge in [0.15, 0.2) is 0 Å². The summed E-state index contributed by atoms with van der Waals surface area (Å²) >= 11 is 6.20. The van der Waals surface area contributed by atoms with Crippen LogP contribution in [0.2, 0.25) is 6.04 Å². The largest absolute Gasteiger partial charge is 0.500 e. The predicted molar refractivity (Wildman–Crippen MR) is 159 cm³/mol. The summed E-state index contributed by atoms with van der Waals surface area (Å²) in [6, 6.07) is 5.26. The Bertz CT molecular complexity index is 1060. The molecule has 0 saturated heterocycles. The minimum Gasteiger partial charge on any atom is -0.374 e. The Hall–Kier alpha value is -1.47. The molecular formula is C29H43O5PSSi. The van der Waals surface area contributed by atoms with E-state index in [4.69, 9.17) is 25.1 Å². The minimum absolute atomic E-state index is 0.196. The smallest absolute Gasteiger partial charge is 0.374 e. The van der Waals surface area contributed by atoms with Gasteiger partial charge in [-0.2, -0.15) is 0 Å². The van der Waals surface area contributed by atoms with E-state index in [1.165, 1.54) is 0 Å². The van der Waals surface area contributed by atoms with E-state index >= 15 is 0 Å². The first-order valence-corrected chi connectivity index (χ1v) is 18.0. The van der Waals surface area contributed by atoms with Crippen molar-refractivity contribution in [1.29, 1.82) is 0 Å². The van der Waals surface area contributed by atoms with Crippen LogP contribution in [0.5, 0.6) is 0 Å². The molecule has 0 bridgehead atoms. The number of aryl methyl sites for hydroxylation is 6. The van der Waals surface area contributed by atoms with Crippen molar-refractivity contribution in [3.63, 3.8) is 0 Å². The summed E-state index contributed by atoms with van der Waals surface area (Å²) in [4.78, 5) is 28.6. The summed E-state index contributed by atoms with van der Waals surface area (Å²) in [7, 11) is -2.93. The van der Waals surface area contributed by atoms with Gasteiger partial charge in [-0.05, 0) is 97.2 Å². The second-order valence-electron chi connectivity index (χ2n) is 9.71. The molecule has 0 radical (unpaired) electrons. The van der Waals surface area contributed by atoms with Gasteiger partial charge in [0.2, 0.25) is 11.0 Å². The van der Waals surface area contributed by atoms with E-state index in [-0.39, 0.29) is 11.0 Å². The molecule has 0 saturated carbocycles. The summed E-state index contributed by atoms with van der Waals surface area (Å²) in [5.74, 6) is 0. The Morgan fingerprint density at radius 3 is 1.32 bits per heavy atom. The molecule has 8 heteroatoms. The van der Waals surface area contributed by atoms with Gasteiger partial charge in [0.05, 0.1) is 6.04 Å². The van der Waals surface area contributed by atoms with Gasteiger partial charge < -0.3 is 13.3 Å². The molecule has 204 valence electrons. The Morgan fingerprint density at radius 1 is 0.703 bits per heavy atom. The van der Waals surface area contributed by atoms with Crippen LogP contribution >= 0.6 is 6.04 Å². The molecule has 37 heavy (non-hydrogen) atoms. The van der Waals surface area contributed by atoms with Gasteiger partial charge in [0.25, 0.3) is 0 Å². The van der Waals surface area contributed by atoms with Gasteiger partial charge in [-0.1, -0.05) is 47.2 Å². The van der Waals surface area contributed by atoms with Crippen molar-refractivity contribution < 1.29 is 22.9 Å². The zero-order chi connectivity index (χ0) is 28.0. The molecule has 0 aromatic heterocycles. The summed E-state index contributed by atoms with van der Waals surface area (Å²) in [6.45, 7) is 18.9. The van der Waals surface area contributed by atoms with E-state index in [1.54, 1.807) is 0 Å². The molecule has 0 unspecified atom stereocenters. The van der Waals surface area contributed by atoms with Crippen LogP contribution in [0.25, 0.3) is 0 Å².